The largest absolute Gasteiger partial charge is 1.00 e. The quantitative estimate of drug-likeness (QED) is 0.213. The van der Waals surface area contributed by atoms with E-state index in [-0.39, 0.29) is 29.6 Å². The van der Waals surface area contributed by atoms with Gasteiger partial charge in [0.1, 0.15) is 0 Å². The molecule has 0 aromatic heterocycles. The van der Waals surface area contributed by atoms with Crippen LogP contribution < -0.4 is 29.6 Å². The molecule has 7 heteroatoms. The van der Waals surface area contributed by atoms with Crippen LogP contribution in [0.3, 0.4) is 0 Å². The minimum atomic E-state index is -5.08. The van der Waals surface area contributed by atoms with Crippen LogP contribution >= 0.6 is 0 Å². The summed E-state index contributed by atoms with van der Waals surface area (Å²) in [4.78, 5) is 0. The van der Waals surface area contributed by atoms with Gasteiger partial charge in [0.15, 0.2) is 0 Å². The van der Waals surface area contributed by atoms with Crippen molar-refractivity contribution in [2.24, 2.45) is 0 Å². The van der Waals surface area contributed by atoms with Gasteiger partial charge in [-0.05, 0) is 4.53 Å². The zero-order valence-electron chi connectivity index (χ0n) is 3.42. The fraction of sp³-hybridized carbons (Fsp3) is 0. The zero-order chi connectivity index (χ0) is 5.21. The Morgan fingerprint density at radius 2 is 1.71 bits per heavy atom. The van der Waals surface area contributed by atoms with Crippen LogP contribution in [0.4, 0.5) is 4.53 Å². The van der Waals surface area contributed by atoms with Gasteiger partial charge in [-0.3, -0.25) is 0 Å². The zero-order valence-corrected chi connectivity index (χ0v) is 6.24. The van der Waals surface area contributed by atoms with Crippen molar-refractivity contribution in [1.29, 1.82) is 0 Å². The second-order valence-electron chi connectivity index (χ2n) is 0.471. The van der Waals surface area contributed by atoms with Crippen LogP contribution in [0.15, 0.2) is 0 Å². The average molecular weight is 138 g/mol. The van der Waals surface area contributed by atoms with Crippen LogP contribution in [-0.4, -0.2) is 13.0 Å². The fourth-order valence-corrected chi connectivity index (χ4v) is 0. The van der Waals surface area contributed by atoms with Crippen molar-refractivity contribution in [3.05, 3.63) is 0 Å². The molecule has 4 nitrogen and oxygen atoms in total. The molecule has 0 atom stereocenters. The topological polar surface area (TPSA) is 66.4 Å². The Labute approximate surface area is 61.8 Å². The summed E-state index contributed by atoms with van der Waals surface area (Å²) in [5, 5.41) is 0. The van der Waals surface area contributed by atoms with E-state index in [0.717, 1.165) is 0 Å². The average Bonchev–Trinajstić information content (AvgIpc) is 1.35. The van der Waals surface area contributed by atoms with Crippen molar-refractivity contribution in [2.45, 2.75) is 0 Å². The van der Waals surface area contributed by atoms with Crippen molar-refractivity contribution in [1.82, 2.24) is 0 Å². The predicted molar refractivity (Wildman–Crippen MR) is 11.9 cm³/mol. The standard InChI is InChI=1S/FHO4S.Na/c1-5-6(2,3)4;/h(H,2,3,4);/q;+1/p-1. The van der Waals surface area contributed by atoms with E-state index in [4.69, 9.17) is 13.0 Å². The minimum absolute atomic E-state index is 0. The van der Waals surface area contributed by atoms with Gasteiger partial charge in [-0.15, -0.1) is 0 Å². The van der Waals surface area contributed by atoms with Crippen molar-refractivity contribution in [3.8, 4) is 0 Å². The maximum Gasteiger partial charge on any atom is 1.00 e. The minimum Gasteiger partial charge on any atom is -0.724 e. The van der Waals surface area contributed by atoms with Gasteiger partial charge in [0.25, 0.3) is 0 Å². The van der Waals surface area contributed by atoms with Crippen LogP contribution in [0.1, 0.15) is 0 Å². The summed E-state index contributed by atoms with van der Waals surface area (Å²) in [5.41, 5.74) is 0. The normalized spacial score (nSPS) is 10.0. The third-order valence-corrected chi connectivity index (χ3v) is 0.231. The number of hydrogen-bond donors (Lipinski definition) is 0. The van der Waals surface area contributed by atoms with E-state index in [1.54, 1.807) is 0 Å². The van der Waals surface area contributed by atoms with Crippen molar-refractivity contribution in [2.75, 3.05) is 0 Å². The number of rotatable bonds is 1. The van der Waals surface area contributed by atoms with Gasteiger partial charge in [-0.25, -0.2) is 8.42 Å². The molecule has 0 rings (SSSR count). The molecule has 38 valence electrons. The molecule has 0 unspecified atom stereocenters. The maximum absolute atomic E-state index is 10.1. The molecule has 0 fully saturated rings. The SMILES string of the molecule is O=S(=O)([O-])OF.[Na+]. The molecule has 0 bridgehead atoms. The van der Waals surface area contributed by atoms with Crippen LogP contribution in [0.5, 0.6) is 0 Å². The summed E-state index contributed by atoms with van der Waals surface area (Å²) in [6.07, 6.45) is 0. The molecule has 0 N–H and O–H groups in total. The molecule has 0 amide bonds. The van der Waals surface area contributed by atoms with Gasteiger partial charge in [0, 0.05) is 0 Å². The van der Waals surface area contributed by atoms with E-state index in [1.165, 1.54) is 0 Å². The van der Waals surface area contributed by atoms with E-state index in [2.05, 4.69) is 0 Å². The molecule has 0 aliphatic carbocycles. The van der Waals surface area contributed by atoms with Crippen LogP contribution in [-0.2, 0) is 14.8 Å². The van der Waals surface area contributed by atoms with Gasteiger partial charge in [-0.2, -0.15) is 0 Å². The first-order chi connectivity index (χ1) is 2.56. The van der Waals surface area contributed by atoms with Crippen molar-refractivity contribution < 1.29 is 51.4 Å². The molecule has 0 aliphatic rings. The molecule has 0 spiro atoms. The smallest absolute Gasteiger partial charge is 0.724 e. The first kappa shape index (κ1) is 10.7. The first-order valence-electron chi connectivity index (χ1n) is 0.821. The molecule has 0 aromatic carbocycles. The Bertz CT molecular complexity index is 114. The second kappa shape index (κ2) is 3.76. The third kappa shape index (κ3) is 10.8. The first-order valence-corrected chi connectivity index (χ1v) is 2.15. The Morgan fingerprint density at radius 3 is 1.71 bits per heavy atom. The summed E-state index contributed by atoms with van der Waals surface area (Å²) < 4.78 is 38.5. The molecule has 0 saturated heterocycles. The molecule has 0 aliphatic heterocycles. The number of halogens is 1. The summed E-state index contributed by atoms with van der Waals surface area (Å²) in [6.45, 7) is 0. The van der Waals surface area contributed by atoms with Gasteiger partial charge in [0.05, 0.1) is 0 Å². The Kier molecular flexibility index (Phi) is 5.76. The molecule has 0 aromatic rings. The molecule has 7 heavy (non-hydrogen) atoms. The second-order valence-corrected chi connectivity index (χ2v) is 1.41. The number of hydrogen-bond acceptors (Lipinski definition) is 4. The molecule has 0 saturated carbocycles. The Morgan fingerprint density at radius 1 is 1.57 bits per heavy atom. The predicted octanol–water partition coefficient (Wildman–Crippen LogP) is -3.65. The van der Waals surface area contributed by atoms with Crippen LogP contribution in [0, 0.1) is 0 Å². The fourth-order valence-electron chi connectivity index (χ4n) is 0. The van der Waals surface area contributed by atoms with Gasteiger partial charge < -0.3 is 4.55 Å². The van der Waals surface area contributed by atoms with E-state index < -0.39 is 10.4 Å². The molecule has 0 radical (unpaired) electrons. The van der Waals surface area contributed by atoms with Gasteiger partial charge in [-0.1, -0.05) is 4.39 Å². The van der Waals surface area contributed by atoms with Crippen LogP contribution in [0.25, 0.3) is 0 Å². The van der Waals surface area contributed by atoms with E-state index >= 15 is 0 Å². The van der Waals surface area contributed by atoms with Crippen LogP contribution in [0.2, 0.25) is 0 Å². The molecular formula is FNaO4S. The van der Waals surface area contributed by atoms with Crippen molar-refractivity contribution >= 4 is 10.4 Å². The summed E-state index contributed by atoms with van der Waals surface area (Å²) >= 11 is 0. The van der Waals surface area contributed by atoms with E-state index in [0.29, 0.717) is 0 Å². The molecule has 0 heterocycles. The summed E-state index contributed by atoms with van der Waals surface area (Å²) in [7, 11) is -5.08. The Balaban J connectivity index is 0. The van der Waals surface area contributed by atoms with E-state index in [1.807, 2.05) is 4.39 Å². The summed E-state index contributed by atoms with van der Waals surface area (Å²) in [6, 6.07) is 0. The van der Waals surface area contributed by atoms with Gasteiger partial charge >= 0.3 is 29.6 Å². The third-order valence-electron chi connectivity index (χ3n) is 0.0772. The van der Waals surface area contributed by atoms with Gasteiger partial charge in [0.2, 0.25) is 10.4 Å². The monoisotopic (exact) mass is 138 g/mol. The Hall–Kier alpha value is 0.800. The molecular weight excluding hydrogens is 138 g/mol. The van der Waals surface area contributed by atoms with Crippen molar-refractivity contribution in [3.63, 3.8) is 0 Å². The summed E-state index contributed by atoms with van der Waals surface area (Å²) in [5.74, 6) is 0. The maximum atomic E-state index is 10.1. The van der Waals surface area contributed by atoms with E-state index in [9.17, 15) is 4.53 Å².